The van der Waals surface area contributed by atoms with Gasteiger partial charge in [-0.1, -0.05) is 59.4 Å². The minimum absolute atomic E-state index is 0.0516. The number of hydrogen-bond donors (Lipinski definition) is 1. The van der Waals surface area contributed by atoms with E-state index in [1.807, 2.05) is 62.1 Å². The number of halogens is 2. The van der Waals surface area contributed by atoms with Crippen molar-refractivity contribution in [3.8, 4) is 5.69 Å². The number of aromatic amines is 1. The summed E-state index contributed by atoms with van der Waals surface area (Å²) in [6, 6.07) is 6.12. The summed E-state index contributed by atoms with van der Waals surface area (Å²) in [7, 11) is 0. The maximum absolute atomic E-state index is 14.5. The number of hydrogen-bond acceptors (Lipinski definition) is 5. The summed E-state index contributed by atoms with van der Waals surface area (Å²) in [6.45, 7) is 18.7. The van der Waals surface area contributed by atoms with Gasteiger partial charge in [-0.15, -0.1) is 11.8 Å². The molecule has 9 heteroatoms. The van der Waals surface area contributed by atoms with Crippen molar-refractivity contribution in [1.82, 2.24) is 24.6 Å². The first-order chi connectivity index (χ1) is 22.2. The van der Waals surface area contributed by atoms with Crippen molar-refractivity contribution in [3.63, 3.8) is 0 Å². The lowest BCUT2D eigenvalue weighted by atomic mass is 10.1. The molecule has 0 fully saturated rings. The van der Waals surface area contributed by atoms with Gasteiger partial charge in [0.25, 0.3) is 0 Å². The van der Waals surface area contributed by atoms with Crippen LogP contribution in [0.3, 0.4) is 0 Å². The van der Waals surface area contributed by atoms with Gasteiger partial charge in [-0.3, -0.25) is 10.00 Å². The quantitative estimate of drug-likeness (QED) is 0.188. The van der Waals surface area contributed by atoms with E-state index in [1.165, 1.54) is 24.6 Å². The molecule has 0 amide bonds. The Morgan fingerprint density at radius 1 is 1.24 bits per heavy atom. The summed E-state index contributed by atoms with van der Waals surface area (Å²) in [6.07, 6.45) is 16.6. The molecule has 6 nitrogen and oxygen atoms in total. The van der Waals surface area contributed by atoms with Crippen LogP contribution in [0.4, 0.5) is 8.78 Å². The minimum atomic E-state index is -0.590. The Kier molecular flexibility index (Phi) is 14.6. The maximum atomic E-state index is 14.5. The molecule has 1 aromatic carbocycles. The van der Waals surface area contributed by atoms with Gasteiger partial charge >= 0.3 is 0 Å². The number of nitrogens with zero attached hydrogens (tertiary/aromatic N) is 5. The third-order valence-corrected chi connectivity index (χ3v) is 8.37. The highest BCUT2D eigenvalue weighted by atomic mass is 32.2. The summed E-state index contributed by atoms with van der Waals surface area (Å²) in [4.78, 5) is 11.5. The number of nitrogens with one attached hydrogen (secondary N) is 1. The first-order valence-corrected chi connectivity index (χ1v) is 17.1. The molecule has 0 spiro atoms. The van der Waals surface area contributed by atoms with Gasteiger partial charge in [-0.25, -0.2) is 18.8 Å². The molecule has 46 heavy (non-hydrogen) atoms. The van der Waals surface area contributed by atoms with Crippen LogP contribution in [-0.2, 0) is 0 Å². The predicted molar refractivity (Wildman–Crippen MR) is 194 cm³/mol. The second-order valence-electron chi connectivity index (χ2n) is 10.9. The third kappa shape index (κ3) is 9.84. The minimum Gasteiger partial charge on any atom is -0.306 e. The number of H-pyrrole nitrogens is 1. The van der Waals surface area contributed by atoms with Crippen LogP contribution in [0.5, 0.6) is 0 Å². The van der Waals surface area contributed by atoms with Crippen molar-refractivity contribution in [3.05, 3.63) is 108 Å². The number of rotatable bonds is 13. The first-order valence-electron chi connectivity index (χ1n) is 16.1. The average Bonchev–Trinajstić information content (AvgIpc) is 3.70. The van der Waals surface area contributed by atoms with Crippen molar-refractivity contribution in [2.75, 3.05) is 25.4 Å². The molecular weight excluding hydrogens is 599 g/mol. The van der Waals surface area contributed by atoms with E-state index in [-0.39, 0.29) is 18.0 Å². The van der Waals surface area contributed by atoms with Gasteiger partial charge < -0.3 is 4.57 Å². The molecule has 0 radical (unpaired) electrons. The summed E-state index contributed by atoms with van der Waals surface area (Å²) < 4.78 is 30.7. The van der Waals surface area contributed by atoms with E-state index >= 15 is 0 Å². The molecule has 2 aromatic heterocycles. The van der Waals surface area contributed by atoms with Crippen LogP contribution in [0.15, 0.2) is 101 Å². The number of allylic oxidation sites excluding steroid dienone is 7. The van der Waals surface area contributed by atoms with Crippen molar-refractivity contribution in [2.24, 2.45) is 4.99 Å². The van der Waals surface area contributed by atoms with Crippen LogP contribution in [0.25, 0.3) is 22.7 Å². The molecule has 1 aliphatic heterocycles. The normalized spacial score (nSPS) is 17.0. The number of aliphatic imine (C=N–C) groups is 1. The third-order valence-electron chi connectivity index (χ3n) is 7.41. The van der Waals surface area contributed by atoms with E-state index in [4.69, 9.17) is 9.98 Å². The number of aromatic nitrogens is 4. The lowest BCUT2D eigenvalue weighted by Gasteiger charge is -2.25. The van der Waals surface area contributed by atoms with Crippen molar-refractivity contribution >= 4 is 33.8 Å². The van der Waals surface area contributed by atoms with Crippen molar-refractivity contribution < 1.29 is 8.78 Å². The molecule has 3 aromatic rings. The number of thioether (sulfide) groups is 1. The Morgan fingerprint density at radius 3 is 2.72 bits per heavy atom. The van der Waals surface area contributed by atoms with Crippen LogP contribution >= 0.6 is 11.8 Å². The smallest absolute Gasteiger partial charge is 0.130 e. The number of imidazole rings is 1. The molecule has 0 saturated carbocycles. The van der Waals surface area contributed by atoms with Gasteiger partial charge in [-0.2, -0.15) is 5.10 Å². The molecule has 0 saturated heterocycles. The highest BCUT2D eigenvalue weighted by Gasteiger charge is 2.19. The Hall–Kier alpha value is -3.82. The van der Waals surface area contributed by atoms with Gasteiger partial charge in [-0.05, 0) is 75.2 Å². The van der Waals surface area contributed by atoms with E-state index in [1.54, 1.807) is 11.8 Å². The zero-order valence-corrected chi connectivity index (χ0v) is 29.1. The van der Waals surface area contributed by atoms with Crippen LogP contribution in [0.1, 0.15) is 78.6 Å². The molecule has 1 aliphatic rings. The molecule has 246 valence electrons. The molecule has 1 atom stereocenters. The van der Waals surface area contributed by atoms with E-state index in [9.17, 15) is 8.78 Å². The molecule has 1 N–H and O–H groups in total. The second kappa shape index (κ2) is 18.4. The average molecular weight is 647 g/mol. The van der Waals surface area contributed by atoms with Gasteiger partial charge in [0.05, 0.1) is 34.0 Å². The Bertz CT molecular complexity index is 1650. The van der Waals surface area contributed by atoms with Crippen molar-refractivity contribution in [2.45, 2.75) is 67.2 Å². The summed E-state index contributed by atoms with van der Waals surface area (Å²) in [5.41, 5.74) is 6.00. The van der Waals surface area contributed by atoms with E-state index in [2.05, 4.69) is 60.7 Å². The monoisotopic (exact) mass is 646 g/mol. The van der Waals surface area contributed by atoms with Crippen molar-refractivity contribution in [1.29, 1.82) is 0 Å². The second-order valence-corrected chi connectivity index (χ2v) is 12.1. The highest BCUT2D eigenvalue weighted by molar-refractivity contribution is 8.14. The Morgan fingerprint density at radius 2 is 2.02 bits per heavy atom. The zero-order valence-electron chi connectivity index (χ0n) is 28.3. The first kappa shape index (κ1) is 36.6. The van der Waals surface area contributed by atoms with E-state index in [0.717, 1.165) is 57.3 Å². The SMILES string of the molecule is C=C/C=C(F)\C(CN(CCC)C[C@@H](C)c1cn(-c2ccc3n[nH]c(/C=C/C=C4/N=C(C)SC/C4=C/CC)c3c2)cn1)=C(/C)F.CC. The fraction of sp³-hybridized carbons (Fsp3) is 0.378. The standard InChI is InChI=1S/C35H42F2N6S.C2H6/c1-7-11-27-22-44-26(6)39-32(27)13-10-14-33-29-18-28(15-16-34(29)41-40-33)43-21-35(38-23-43)24(4)19-42(17-9-3)20-30(25(5)36)31(37)12-8-2;1-2/h8,10-16,18,21,23-24H,2,7,9,17,19-20,22H2,1,3-6H3,(H,40,41);1-2H3/b14-10+,27-11-,30-25+,31-12+,32-13+;/t24-;/m1./s1. The van der Waals surface area contributed by atoms with Crippen LogP contribution in [0, 0.1) is 0 Å². The number of benzene rings is 1. The summed E-state index contributed by atoms with van der Waals surface area (Å²) >= 11 is 1.77. The van der Waals surface area contributed by atoms with E-state index in [0.29, 0.717) is 13.1 Å². The van der Waals surface area contributed by atoms with E-state index < -0.39 is 11.7 Å². The van der Waals surface area contributed by atoms with Crippen LogP contribution in [-0.4, -0.2) is 55.1 Å². The molecule has 3 heterocycles. The summed E-state index contributed by atoms with van der Waals surface area (Å²) in [5.74, 6) is -0.111. The topological polar surface area (TPSA) is 62.1 Å². The lowest BCUT2D eigenvalue weighted by molar-refractivity contribution is 0.277. The molecule has 0 unspecified atom stereocenters. The van der Waals surface area contributed by atoms with Crippen LogP contribution in [0.2, 0.25) is 0 Å². The maximum Gasteiger partial charge on any atom is 0.130 e. The Labute approximate surface area is 277 Å². The fourth-order valence-electron chi connectivity index (χ4n) is 5.17. The highest BCUT2D eigenvalue weighted by Crippen LogP contribution is 2.27. The van der Waals surface area contributed by atoms with Gasteiger partial charge in [0, 0.05) is 47.6 Å². The number of fused-ring (bicyclic) bond motifs is 1. The van der Waals surface area contributed by atoms with Gasteiger partial charge in [0.1, 0.15) is 11.7 Å². The lowest BCUT2D eigenvalue weighted by Crippen LogP contribution is -2.31. The fourth-order valence-corrected chi connectivity index (χ4v) is 5.96. The molecular formula is C37H48F2N6S. The summed E-state index contributed by atoms with van der Waals surface area (Å²) in [5, 5.41) is 9.72. The Balaban J connectivity index is 0.00000282. The molecule has 0 bridgehead atoms. The van der Waals surface area contributed by atoms with Gasteiger partial charge in [0.2, 0.25) is 0 Å². The molecule has 0 aliphatic carbocycles. The largest absolute Gasteiger partial charge is 0.306 e. The van der Waals surface area contributed by atoms with Gasteiger partial charge in [0.15, 0.2) is 0 Å². The molecule has 4 rings (SSSR count). The zero-order chi connectivity index (χ0) is 33.6. The predicted octanol–water partition coefficient (Wildman–Crippen LogP) is 10.3. The van der Waals surface area contributed by atoms with Crippen LogP contribution < -0.4 is 0 Å².